The number of H-pyrrole nitrogens is 2. The van der Waals surface area contributed by atoms with Crippen LogP contribution in [0.4, 0.5) is 5.82 Å². The number of methoxy groups -OCH3 is 1. The minimum atomic E-state index is -0.563. The first-order chi connectivity index (χ1) is 16.6. The smallest absolute Gasteiger partial charge is 0.327 e. The van der Waals surface area contributed by atoms with Gasteiger partial charge in [-0.25, -0.2) is 4.79 Å². The Morgan fingerprint density at radius 3 is 2.32 bits per heavy atom. The third-order valence-electron chi connectivity index (χ3n) is 5.75. The van der Waals surface area contributed by atoms with E-state index in [1.54, 1.807) is 7.11 Å². The van der Waals surface area contributed by atoms with Crippen LogP contribution < -0.4 is 26.0 Å². The van der Waals surface area contributed by atoms with Crippen molar-refractivity contribution in [2.24, 2.45) is 0 Å². The maximum Gasteiger partial charge on any atom is 0.327 e. The quantitative estimate of drug-likeness (QED) is 0.406. The van der Waals surface area contributed by atoms with Crippen molar-refractivity contribution < 1.29 is 9.47 Å². The van der Waals surface area contributed by atoms with Crippen molar-refractivity contribution in [2.45, 2.75) is 12.5 Å². The maximum absolute atomic E-state index is 12.8. The van der Waals surface area contributed by atoms with Crippen molar-refractivity contribution in [1.29, 1.82) is 0 Å². The van der Waals surface area contributed by atoms with Gasteiger partial charge in [-0.05, 0) is 34.9 Å². The van der Waals surface area contributed by atoms with E-state index in [2.05, 4.69) is 15.3 Å². The summed E-state index contributed by atoms with van der Waals surface area (Å²) < 4.78 is 11.6. The molecule has 1 aliphatic rings. The van der Waals surface area contributed by atoms with Crippen LogP contribution in [0, 0.1) is 0 Å². The van der Waals surface area contributed by atoms with Crippen LogP contribution in [0.2, 0.25) is 0 Å². The summed E-state index contributed by atoms with van der Waals surface area (Å²) in [5.41, 5.74) is 3.04. The minimum absolute atomic E-state index is 0.378. The molecule has 1 atom stereocenters. The van der Waals surface area contributed by atoms with Crippen molar-refractivity contribution in [3.8, 4) is 11.5 Å². The van der Waals surface area contributed by atoms with Crippen molar-refractivity contribution in [2.75, 3.05) is 12.4 Å². The van der Waals surface area contributed by atoms with E-state index in [0.717, 1.165) is 22.4 Å². The molecule has 2 heterocycles. The second kappa shape index (κ2) is 9.15. The lowest BCUT2D eigenvalue weighted by atomic mass is 9.88. The Labute approximate surface area is 195 Å². The van der Waals surface area contributed by atoms with E-state index in [1.807, 2.05) is 84.9 Å². The first kappa shape index (κ1) is 21.3. The molecule has 5 rings (SSSR count). The Bertz CT molecular complexity index is 1460. The zero-order valence-corrected chi connectivity index (χ0v) is 18.5. The maximum atomic E-state index is 12.8. The van der Waals surface area contributed by atoms with Crippen molar-refractivity contribution in [3.63, 3.8) is 0 Å². The number of hydrogen-bond donors (Lipinski definition) is 3. The topological polar surface area (TPSA) is 96.2 Å². The van der Waals surface area contributed by atoms with Gasteiger partial charge < -0.3 is 14.8 Å². The molecule has 0 bridgehead atoms. The lowest BCUT2D eigenvalue weighted by Crippen LogP contribution is -2.31. The van der Waals surface area contributed by atoms with Crippen LogP contribution in [-0.2, 0) is 6.61 Å². The summed E-state index contributed by atoms with van der Waals surface area (Å²) in [5.74, 6) is 1.13. The van der Waals surface area contributed by atoms with E-state index in [4.69, 9.17) is 9.47 Å². The molecule has 7 heteroatoms. The average molecular weight is 453 g/mol. The Morgan fingerprint density at radius 1 is 0.853 bits per heavy atom. The third-order valence-corrected chi connectivity index (χ3v) is 5.75. The predicted octanol–water partition coefficient (Wildman–Crippen LogP) is 4.25. The number of benzene rings is 3. The van der Waals surface area contributed by atoms with Crippen LogP contribution in [-0.4, -0.2) is 17.1 Å². The molecule has 0 fully saturated rings. The highest BCUT2D eigenvalue weighted by atomic mass is 16.5. The zero-order valence-electron chi connectivity index (χ0n) is 18.5. The van der Waals surface area contributed by atoms with Crippen LogP contribution in [0.1, 0.15) is 28.2 Å². The molecule has 1 unspecified atom stereocenters. The van der Waals surface area contributed by atoms with Crippen LogP contribution >= 0.6 is 0 Å². The molecular formula is C27H23N3O4. The highest BCUT2D eigenvalue weighted by Gasteiger charge is 2.27. The normalized spacial score (nSPS) is 14.5. The number of allylic oxidation sites excluding steroid dienone is 1. The first-order valence-corrected chi connectivity index (χ1v) is 10.9. The van der Waals surface area contributed by atoms with Crippen LogP contribution in [0.15, 0.2) is 94.5 Å². The van der Waals surface area contributed by atoms with Crippen LogP contribution in [0.5, 0.6) is 11.5 Å². The summed E-state index contributed by atoms with van der Waals surface area (Å²) in [6.45, 7) is 0.408. The Kier molecular flexibility index (Phi) is 5.74. The molecule has 1 aromatic heterocycles. The number of aromatic amines is 2. The van der Waals surface area contributed by atoms with Gasteiger partial charge in [-0.1, -0.05) is 66.7 Å². The summed E-state index contributed by atoms with van der Waals surface area (Å²) in [5, 5.41) is 3.20. The fraction of sp³-hybridized carbons (Fsp3) is 0.111. The highest BCUT2D eigenvalue weighted by Crippen LogP contribution is 2.39. The predicted molar refractivity (Wildman–Crippen MR) is 131 cm³/mol. The molecule has 3 N–H and O–H groups in total. The molecule has 3 aromatic carbocycles. The summed E-state index contributed by atoms with van der Waals surface area (Å²) in [7, 11) is 1.58. The summed E-state index contributed by atoms with van der Waals surface area (Å²) >= 11 is 0. The summed E-state index contributed by atoms with van der Waals surface area (Å²) in [4.78, 5) is 29.8. The SMILES string of the molecule is COc1cc(C2C=C(c3ccccc3)Nc3[nH]c(=O)[nH]c(=O)c32)ccc1OCc1ccccc1. The Balaban J connectivity index is 1.55. The number of hydrogen-bond acceptors (Lipinski definition) is 5. The van der Waals surface area contributed by atoms with Crippen LogP contribution in [0.3, 0.4) is 0 Å². The summed E-state index contributed by atoms with van der Waals surface area (Å²) in [6.07, 6.45) is 1.98. The van der Waals surface area contributed by atoms with Crippen LogP contribution in [0.25, 0.3) is 5.70 Å². The molecule has 0 radical (unpaired) electrons. The number of rotatable bonds is 6. The number of aromatic nitrogens is 2. The standard InChI is InChI=1S/C27H23N3O4/c1-33-23-14-19(12-13-22(23)34-16-17-8-4-2-5-9-17)20-15-21(18-10-6-3-7-11-18)28-25-24(20)26(31)30-27(32)29-25/h2-15,20H,16H2,1H3,(H3,28,29,30,31,32). The molecule has 170 valence electrons. The van der Waals surface area contributed by atoms with Gasteiger partial charge in [0.05, 0.1) is 12.7 Å². The van der Waals surface area contributed by atoms with Crippen molar-refractivity contribution >= 4 is 11.5 Å². The van der Waals surface area contributed by atoms with E-state index in [0.29, 0.717) is 29.5 Å². The lowest BCUT2D eigenvalue weighted by molar-refractivity contribution is 0.284. The molecule has 7 nitrogen and oxygen atoms in total. The first-order valence-electron chi connectivity index (χ1n) is 10.9. The van der Waals surface area contributed by atoms with Gasteiger partial charge in [0.1, 0.15) is 12.4 Å². The van der Waals surface area contributed by atoms with Crippen molar-refractivity contribution in [3.05, 3.63) is 128 Å². The number of nitrogens with one attached hydrogen (secondary N) is 3. The third kappa shape index (κ3) is 4.23. The number of ether oxygens (including phenoxy) is 2. The van der Waals surface area contributed by atoms with Gasteiger partial charge in [0.15, 0.2) is 11.5 Å². The van der Waals surface area contributed by atoms with E-state index in [1.165, 1.54) is 0 Å². The molecule has 1 aliphatic heterocycles. The molecule has 0 saturated carbocycles. The summed E-state index contributed by atoms with van der Waals surface area (Å²) in [6, 6.07) is 25.2. The van der Waals surface area contributed by atoms with E-state index in [-0.39, 0.29) is 0 Å². The molecule has 34 heavy (non-hydrogen) atoms. The fourth-order valence-electron chi connectivity index (χ4n) is 4.10. The second-order valence-electron chi connectivity index (χ2n) is 7.93. The largest absolute Gasteiger partial charge is 0.493 e. The van der Waals surface area contributed by atoms with Gasteiger partial charge in [0.25, 0.3) is 5.56 Å². The van der Waals surface area contributed by atoms with E-state index < -0.39 is 17.2 Å². The van der Waals surface area contributed by atoms with Crippen molar-refractivity contribution in [1.82, 2.24) is 9.97 Å². The molecule has 0 aliphatic carbocycles. The van der Waals surface area contributed by atoms with Gasteiger partial charge in [0.2, 0.25) is 0 Å². The monoisotopic (exact) mass is 453 g/mol. The zero-order chi connectivity index (χ0) is 23.5. The molecular weight excluding hydrogens is 430 g/mol. The highest BCUT2D eigenvalue weighted by molar-refractivity contribution is 5.81. The fourth-order valence-corrected chi connectivity index (χ4v) is 4.10. The minimum Gasteiger partial charge on any atom is -0.493 e. The Hall–Kier alpha value is -4.52. The molecule has 4 aromatic rings. The van der Waals surface area contributed by atoms with Gasteiger partial charge in [-0.2, -0.15) is 0 Å². The van der Waals surface area contributed by atoms with Gasteiger partial charge >= 0.3 is 5.69 Å². The van der Waals surface area contributed by atoms with Gasteiger partial charge in [-0.3, -0.25) is 14.8 Å². The van der Waals surface area contributed by atoms with E-state index >= 15 is 0 Å². The second-order valence-corrected chi connectivity index (χ2v) is 7.93. The number of fused-ring (bicyclic) bond motifs is 1. The number of anilines is 1. The van der Waals surface area contributed by atoms with E-state index in [9.17, 15) is 9.59 Å². The molecule has 0 spiro atoms. The molecule has 0 saturated heterocycles. The van der Waals surface area contributed by atoms with Gasteiger partial charge in [0, 0.05) is 11.6 Å². The Morgan fingerprint density at radius 2 is 1.59 bits per heavy atom. The van der Waals surface area contributed by atoms with Gasteiger partial charge in [-0.15, -0.1) is 0 Å². The lowest BCUT2D eigenvalue weighted by Gasteiger charge is -2.25. The average Bonchev–Trinajstić information content (AvgIpc) is 2.87. The molecule has 0 amide bonds.